The second-order valence-electron chi connectivity index (χ2n) is 6.14. The maximum Gasteiger partial charge on any atom is 0.311 e. The lowest BCUT2D eigenvalue weighted by Gasteiger charge is -2.09. The Morgan fingerprint density at radius 1 is 0.897 bits per heavy atom. The minimum atomic E-state index is -0.524. The van der Waals surface area contributed by atoms with Crippen LogP contribution in [-0.4, -0.2) is 31.0 Å². The lowest BCUT2D eigenvalue weighted by Crippen LogP contribution is -2.08. The number of rotatable bonds is 5. The van der Waals surface area contributed by atoms with Crippen molar-refractivity contribution >= 4 is 28.9 Å². The summed E-state index contributed by atoms with van der Waals surface area (Å²) in [5.41, 5.74) is 2.83. The quantitative estimate of drug-likeness (QED) is 0.578. The summed E-state index contributed by atoms with van der Waals surface area (Å²) in [4.78, 5) is 31.9. The highest BCUT2D eigenvalue weighted by Gasteiger charge is 2.17. The fourth-order valence-electron chi connectivity index (χ4n) is 2.36. The Hall–Kier alpha value is -3.62. The predicted molar refractivity (Wildman–Crippen MR) is 111 cm³/mol. The zero-order chi connectivity index (χ0) is 22.1. The molecule has 2 aromatic carbocycles. The molecule has 0 heterocycles. The third kappa shape index (κ3) is 7.13. The Morgan fingerprint density at radius 2 is 1.45 bits per heavy atom. The summed E-state index contributed by atoms with van der Waals surface area (Å²) in [6, 6.07) is 8.38. The summed E-state index contributed by atoms with van der Waals surface area (Å²) in [5.74, 6) is 0.559. The monoisotopic (exact) mass is 403 g/mol. The fourth-order valence-corrected chi connectivity index (χ4v) is 2.36. The Bertz CT molecular complexity index is 911. The number of anilines is 2. The van der Waals surface area contributed by atoms with Gasteiger partial charge in [-0.05, 0) is 31.0 Å². The van der Waals surface area contributed by atoms with E-state index in [1.165, 1.54) is 33.1 Å². The van der Waals surface area contributed by atoms with Crippen molar-refractivity contribution in [3.63, 3.8) is 0 Å². The van der Waals surface area contributed by atoms with Gasteiger partial charge < -0.3 is 20.1 Å². The molecule has 0 spiro atoms. The van der Waals surface area contributed by atoms with Crippen LogP contribution in [-0.2, 0) is 9.59 Å². The van der Waals surface area contributed by atoms with Crippen LogP contribution in [0.5, 0.6) is 11.5 Å². The van der Waals surface area contributed by atoms with Gasteiger partial charge in [-0.25, -0.2) is 0 Å². The van der Waals surface area contributed by atoms with Crippen LogP contribution in [0.25, 0.3) is 0 Å². The number of methoxy groups -OCH3 is 2. The third-order valence-corrected chi connectivity index (χ3v) is 3.79. The van der Waals surface area contributed by atoms with Crippen molar-refractivity contribution in [3.8, 4) is 11.5 Å². The van der Waals surface area contributed by atoms with Crippen molar-refractivity contribution in [2.75, 3.05) is 24.9 Å². The number of aryl methyl sites for hydroxylation is 2. The second kappa shape index (κ2) is 10.6. The van der Waals surface area contributed by atoms with Crippen LogP contribution >= 0.6 is 0 Å². The molecule has 0 saturated carbocycles. The minimum absolute atomic E-state index is 0.0728. The molecule has 2 amide bonds. The Balaban J connectivity index is 0.000000296. The molecular weight excluding hydrogens is 378 g/mol. The average Bonchev–Trinajstić information content (AvgIpc) is 2.64. The molecule has 0 fully saturated rings. The van der Waals surface area contributed by atoms with E-state index in [0.29, 0.717) is 11.3 Å². The van der Waals surface area contributed by atoms with E-state index < -0.39 is 4.92 Å². The smallest absolute Gasteiger partial charge is 0.311 e. The van der Waals surface area contributed by atoms with E-state index in [2.05, 4.69) is 10.6 Å². The topological polar surface area (TPSA) is 120 Å². The number of hydrogen-bond donors (Lipinski definition) is 2. The highest BCUT2D eigenvalue weighted by atomic mass is 16.6. The maximum atomic E-state index is 10.9. The summed E-state index contributed by atoms with van der Waals surface area (Å²) < 4.78 is 9.93. The van der Waals surface area contributed by atoms with E-state index in [9.17, 15) is 19.7 Å². The number of carbonyl (C=O) groups is 2. The van der Waals surface area contributed by atoms with Gasteiger partial charge in [-0.2, -0.15) is 0 Å². The van der Waals surface area contributed by atoms with Crippen LogP contribution < -0.4 is 20.1 Å². The molecular formula is C20H25N3O6. The number of nitro benzene ring substituents is 1. The van der Waals surface area contributed by atoms with Gasteiger partial charge in [0.05, 0.1) is 19.1 Å². The van der Waals surface area contributed by atoms with Crippen molar-refractivity contribution in [2.24, 2.45) is 0 Å². The molecule has 0 unspecified atom stereocenters. The van der Waals surface area contributed by atoms with Gasteiger partial charge in [-0.3, -0.25) is 19.7 Å². The van der Waals surface area contributed by atoms with Gasteiger partial charge in [-0.1, -0.05) is 6.07 Å². The average molecular weight is 403 g/mol. The molecule has 0 aliphatic heterocycles. The lowest BCUT2D eigenvalue weighted by atomic mass is 10.1. The molecule has 29 heavy (non-hydrogen) atoms. The number of ether oxygens (including phenoxy) is 2. The van der Waals surface area contributed by atoms with E-state index in [0.717, 1.165) is 17.0 Å². The van der Waals surface area contributed by atoms with Crippen LogP contribution in [0, 0.1) is 24.0 Å². The van der Waals surface area contributed by atoms with Crippen molar-refractivity contribution in [1.29, 1.82) is 0 Å². The molecule has 0 bridgehead atoms. The standard InChI is InChI=1S/C10H12N2O4.C10H13NO2/c1-6-4-9(12(14)15)10(16-3)5-8(6)11-7(2)13;1-7-4-5-9(13-3)6-10(7)11-8(2)12/h4-5H,1-3H3,(H,11,13);4-6H,1-3H3,(H,11,12). The molecule has 2 N–H and O–H groups in total. The number of amides is 2. The summed E-state index contributed by atoms with van der Waals surface area (Å²) >= 11 is 0. The van der Waals surface area contributed by atoms with E-state index in [1.54, 1.807) is 20.1 Å². The molecule has 0 radical (unpaired) electrons. The predicted octanol–water partition coefficient (Wildman–Crippen LogP) is 3.83. The van der Waals surface area contributed by atoms with Gasteiger partial charge >= 0.3 is 5.69 Å². The van der Waals surface area contributed by atoms with Crippen LogP contribution in [0.1, 0.15) is 25.0 Å². The highest BCUT2D eigenvalue weighted by molar-refractivity contribution is 5.90. The molecule has 9 heteroatoms. The van der Waals surface area contributed by atoms with Gasteiger partial charge in [0.25, 0.3) is 0 Å². The summed E-state index contributed by atoms with van der Waals surface area (Å²) in [5, 5.41) is 16.0. The zero-order valence-electron chi connectivity index (χ0n) is 17.3. The van der Waals surface area contributed by atoms with Gasteiger partial charge in [0.2, 0.25) is 11.8 Å². The first kappa shape index (κ1) is 23.4. The molecule has 2 aromatic rings. The number of hydrogen-bond acceptors (Lipinski definition) is 6. The van der Waals surface area contributed by atoms with E-state index in [-0.39, 0.29) is 23.3 Å². The normalized spacial score (nSPS) is 9.59. The molecule has 9 nitrogen and oxygen atoms in total. The number of carbonyl (C=O) groups excluding carboxylic acids is 2. The first-order valence-corrected chi connectivity index (χ1v) is 8.61. The Kier molecular flexibility index (Phi) is 8.60. The summed E-state index contributed by atoms with van der Waals surface area (Å²) in [6.07, 6.45) is 0. The third-order valence-electron chi connectivity index (χ3n) is 3.79. The SMILES string of the molecule is COc1cc(NC(C)=O)c(C)cc1[N+](=O)[O-].COc1ccc(C)c(NC(C)=O)c1. The van der Waals surface area contributed by atoms with Crippen molar-refractivity contribution in [1.82, 2.24) is 0 Å². The van der Waals surface area contributed by atoms with Crippen molar-refractivity contribution < 1.29 is 24.0 Å². The lowest BCUT2D eigenvalue weighted by molar-refractivity contribution is -0.385. The molecule has 0 aliphatic rings. The second-order valence-corrected chi connectivity index (χ2v) is 6.14. The largest absolute Gasteiger partial charge is 0.497 e. The van der Waals surface area contributed by atoms with Gasteiger partial charge in [-0.15, -0.1) is 0 Å². The summed E-state index contributed by atoms with van der Waals surface area (Å²) in [6.45, 7) is 6.47. The van der Waals surface area contributed by atoms with Gasteiger partial charge in [0, 0.05) is 43.4 Å². The number of nitrogens with zero attached hydrogens (tertiary/aromatic N) is 1. The number of benzene rings is 2. The van der Waals surface area contributed by atoms with Crippen LogP contribution in [0.15, 0.2) is 30.3 Å². The van der Waals surface area contributed by atoms with Gasteiger partial charge in [0.15, 0.2) is 5.75 Å². The first-order chi connectivity index (χ1) is 13.6. The van der Waals surface area contributed by atoms with Crippen LogP contribution in [0.4, 0.5) is 17.1 Å². The van der Waals surface area contributed by atoms with Crippen molar-refractivity contribution in [2.45, 2.75) is 27.7 Å². The minimum Gasteiger partial charge on any atom is -0.497 e. The number of nitrogens with one attached hydrogen (secondary N) is 2. The van der Waals surface area contributed by atoms with E-state index in [4.69, 9.17) is 9.47 Å². The molecule has 0 aliphatic carbocycles. The van der Waals surface area contributed by atoms with E-state index in [1.807, 2.05) is 19.1 Å². The highest BCUT2D eigenvalue weighted by Crippen LogP contribution is 2.32. The molecule has 2 rings (SSSR count). The number of nitro groups is 1. The van der Waals surface area contributed by atoms with E-state index >= 15 is 0 Å². The Labute approximate surface area is 169 Å². The Morgan fingerprint density at radius 3 is 1.90 bits per heavy atom. The summed E-state index contributed by atoms with van der Waals surface area (Å²) in [7, 11) is 2.94. The fraction of sp³-hybridized carbons (Fsp3) is 0.300. The molecule has 156 valence electrons. The molecule has 0 aromatic heterocycles. The van der Waals surface area contributed by atoms with Crippen molar-refractivity contribution in [3.05, 3.63) is 51.6 Å². The molecule has 0 atom stereocenters. The maximum absolute atomic E-state index is 10.9. The van der Waals surface area contributed by atoms with Crippen LogP contribution in [0.2, 0.25) is 0 Å². The van der Waals surface area contributed by atoms with Gasteiger partial charge in [0.1, 0.15) is 5.75 Å². The zero-order valence-corrected chi connectivity index (χ0v) is 17.3. The van der Waals surface area contributed by atoms with Crippen LogP contribution in [0.3, 0.4) is 0 Å². The molecule has 0 saturated heterocycles. The first-order valence-electron chi connectivity index (χ1n) is 8.61.